The Labute approximate surface area is 109 Å². The van der Waals surface area contributed by atoms with E-state index >= 15 is 0 Å². The Morgan fingerprint density at radius 1 is 1.47 bits per heavy atom. The van der Waals surface area contributed by atoms with E-state index in [4.69, 9.17) is 11.6 Å². The molecule has 2 heterocycles. The number of hydrogen-bond donors (Lipinski definition) is 1. The maximum atomic E-state index is 5.92. The summed E-state index contributed by atoms with van der Waals surface area (Å²) in [5.41, 5.74) is 0.430. The van der Waals surface area contributed by atoms with Crippen LogP contribution in [0.1, 0.15) is 26.2 Å². The second-order valence-electron chi connectivity index (χ2n) is 5.00. The molecule has 0 aromatic carbocycles. The van der Waals surface area contributed by atoms with Gasteiger partial charge in [-0.3, -0.25) is 0 Å². The predicted octanol–water partition coefficient (Wildman–Crippen LogP) is 3.95. The Morgan fingerprint density at radius 2 is 2.29 bits per heavy atom. The van der Waals surface area contributed by atoms with Gasteiger partial charge in [-0.15, -0.1) is 11.3 Å². The summed E-state index contributed by atoms with van der Waals surface area (Å²) in [6, 6.07) is 2.04. The lowest BCUT2D eigenvalue weighted by Gasteiger charge is -2.38. The monoisotopic (exact) mass is 267 g/mol. The molecule has 0 atom stereocenters. The molecule has 1 aliphatic rings. The van der Waals surface area contributed by atoms with Crippen molar-refractivity contribution in [1.82, 2.24) is 9.97 Å². The van der Waals surface area contributed by atoms with E-state index < -0.39 is 0 Å². The maximum absolute atomic E-state index is 5.92. The topological polar surface area (TPSA) is 37.8 Å². The molecule has 2 aromatic rings. The van der Waals surface area contributed by atoms with Crippen LogP contribution in [0.4, 0.5) is 5.82 Å². The van der Waals surface area contributed by atoms with E-state index in [0.29, 0.717) is 10.7 Å². The molecule has 1 N–H and O–H groups in total. The van der Waals surface area contributed by atoms with Gasteiger partial charge in [-0.05, 0) is 41.3 Å². The van der Waals surface area contributed by atoms with Crippen molar-refractivity contribution in [1.29, 1.82) is 0 Å². The summed E-state index contributed by atoms with van der Waals surface area (Å²) in [6.45, 7) is 3.28. The summed E-state index contributed by atoms with van der Waals surface area (Å²) < 4.78 is 0. The van der Waals surface area contributed by atoms with Crippen molar-refractivity contribution in [3.8, 4) is 0 Å². The Bertz CT molecular complexity index is 548. The molecule has 0 unspecified atom stereocenters. The summed E-state index contributed by atoms with van der Waals surface area (Å²) in [4.78, 5) is 9.44. The summed E-state index contributed by atoms with van der Waals surface area (Å²) in [6.07, 6.45) is 3.94. The third-order valence-corrected chi connectivity index (χ3v) is 4.52. The van der Waals surface area contributed by atoms with Gasteiger partial charge in [0.25, 0.3) is 0 Å². The molecule has 3 rings (SSSR count). The Balaban J connectivity index is 1.86. The summed E-state index contributed by atoms with van der Waals surface area (Å²) in [5.74, 6) is 0.870. The van der Waals surface area contributed by atoms with Crippen LogP contribution >= 0.6 is 22.9 Å². The van der Waals surface area contributed by atoms with Gasteiger partial charge in [-0.1, -0.05) is 13.3 Å². The minimum absolute atomic E-state index is 0.321. The summed E-state index contributed by atoms with van der Waals surface area (Å²) in [7, 11) is 0. The van der Waals surface area contributed by atoms with Gasteiger partial charge in [-0.2, -0.15) is 0 Å². The van der Waals surface area contributed by atoms with Gasteiger partial charge in [0, 0.05) is 6.54 Å². The summed E-state index contributed by atoms with van der Waals surface area (Å²) in [5, 5.41) is 6.84. The van der Waals surface area contributed by atoms with Gasteiger partial charge in [-0.25, -0.2) is 9.97 Å². The zero-order valence-corrected chi connectivity index (χ0v) is 11.2. The minimum atomic E-state index is 0.321. The molecule has 1 saturated carbocycles. The molecule has 2 aromatic heterocycles. The van der Waals surface area contributed by atoms with Crippen LogP contribution in [0, 0.1) is 5.41 Å². The first-order chi connectivity index (χ1) is 8.16. The maximum Gasteiger partial charge on any atom is 0.225 e. The van der Waals surface area contributed by atoms with Crippen LogP contribution in [0.15, 0.2) is 11.4 Å². The molecule has 1 fully saturated rings. The minimum Gasteiger partial charge on any atom is -0.369 e. The fraction of sp³-hybridized carbons (Fsp3) is 0.500. The van der Waals surface area contributed by atoms with E-state index in [9.17, 15) is 0 Å². The van der Waals surface area contributed by atoms with E-state index in [1.54, 1.807) is 11.3 Å². The molecule has 1 aliphatic carbocycles. The zero-order chi connectivity index (χ0) is 11.9. The number of hydrogen-bond acceptors (Lipinski definition) is 4. The molecule has 0 bridgehead atoms. The van der Waals surface area contributed by atoms with E-state index in [2.05, 4.69) is 22.2 Å². The van der Waals surface area contributed by atoms with Crippen molar-refractivity contribution in [3.63, 3.8) is 0 Å². The van der Waals surface area contributed by atoms with Crippen molar-refractivity contribution in [2.75, 3.05) is 11.9 Å². The highest BCUT2D eigenvalue weighted by Gasteiger charge is 2.31. The van der Waals surface area contributed by atoms with Gasteiger partial charge < -0.3 is 5.32 Å². The number of aromatic nitrogens is 2. The van der Waals surface area contributed by atoms with Crippen molar-refractivity contribution >= 4 is 39.0 Å². The van der Waals surface area contributed by atoms with Crippen molar-refractivity contribution < 1.29 is 0 Å². The SMILES string of the molecule is CC1(CNc2nc(Cl)nc3sccc23)CCC1. The van der Waals surface area contributed by atoms with Crippen LogP contribution in [-0.2, 0) is 0 Å². The second-order valence-corrected chi connectivity index (χ2v) is 6.23. The number of nitrogens with zero attached hydrogens (tertiary/aromatic N) is 2. The van der Waals surface area contributed by atoms with E-state index in [1.165, 1.54) is 19.3 Å². The largest absolute Gasteiger partial charge is 0.369 e. The van der Waals surface area contributed by atoms with Crippen LogP contribution in [0.3, 0.4) is 0 Å². The van der Waals surface area contributed by atoms with Gasteiger partial charge >= 0.3 is 0 Å². The molecule has 17 heavy (non-hydrogen) atoms. The highest BCUT2D eigenvalue weighted by molar-refractivity contribution is 7.16. The van der Waals surface area contributed by atoms with E-state index in [1.807, 2.05) is 11.4 Å². The molecular formula is C12H14ClN3S. The lowest BCUT2D eigenvalue weighted by atomic mass is 9.70. The van der Waals surface area contributed by atoms with Crippen molar-refractivity contribution in [2.45, 2.75) is 26.2 Å². The lowest BCUT2D eigenvalue weighted by Crippen LogP contribution is -2.33. The van der Waals surface area contributed by atoms with Crippen LogP contribution in [0.2, 0.25) is 5.28 Å². The fourth-order valence-electron chi connectivity index (χ4n) is 2.22. The average Bonchev–Trinajstić information content (AvgIpc) is 2.71. The molecule has 0 radical (unpaired) electrons. The Hall–Kier alpha value is -0.870. The first-order valence-corrected chi connectivity index (χ1v) is 7.07. The van der Waals surface area contributed by atoms with Gasteiger partial charge in [0.05, 0.1) is 5.39 Å². The van der Waals surface area contributed by atoms with E-state index in [-0.39, 0.29) is 0 Å². The number of fused-ring (bicyclic) bond motifs is 1. The van der Waals surface area contributed by atoms with Gasteiger partial charge in [0.2, 0.25) is 5.28 Å². The smallest absolute Gasteiger partial charge is 0.225 e. The van der Waals surface area contributed by atoms with Crippen LogP contribution in [-0.4, -0.2) is 16.5 Å². The first kappa shape index (κ1) is 11.2. The second kappa shape index (κ2) is 4.10. The number of anilines is 1. The first-order valence-electron chi connectivity index (χ1n) is 5.81. The quantitative estimate of drug-likeness (QED) is 0.856. The molecule has 5 heteroatoms. The van der Waals surface area contributed by atoms with E-state index in [0.717, 1.165) is 22.6 Å². The summed E-state index contributed by atoms with van der Waals surface area (Å²) >= 11 is 7.52. The molecule has 3 nitrogen and oxygen atoms in total. The number of thiophene rings is 1. The van der Waals surface area contributed by atoms with Gasteiger partial charge in [0.15, 0.2) is 0 Å². The van der Waals surface area contributed by atoms with Crippen LogP contribution in [0.5, 0.6) is 0 Å². The molecule has 0 spiro atoms. The molecule has 0 amide bonds. The number of nitrogens with one attached hydrogen (secondary N) is 1. The standard InChI is InChI=1S/C12H14ClN3S/c1-12(4-2-5-12)7-14-9-8-3-6-17-10(8)16-11(13)15-9/h3,6H,2,4-5,7H2,1H3,(H,14,15,16). The molecule has 0 aliphatic heterocycles. The highest BCUT2D eigenvalue weighted by atomic mass is 35.5. The van der Waals surface area contributed by atoms with Crippen LogP contribution in [0.25, 0.3) is 10.2 Å². The third kappa shape index (κ3) is 2.11. The Kier molecular flexibility index (Phi) is 2.71. The fourth-order valence-corrected chi connectivity index (χ4v) is 3.20. The number of rotatable bonds is 3. The molecule has 90 valence electrons. The third-order valence-electron chi connectivity index (χ3n) is 3.54. The lowest BCUT2D eigenvalue weighted by molar-refractivity contribution is 0.180. The van der Waals surface area contributed by atoms with Crippen LogP contribution < -0.4 is 5.32 Å². The zero-order valence-electron chi connectivity index (χ0n) is 9.66. The molecule has 0 saturated heterocycles. The van der Waals surface area contributed by atoms with Gasteiger partial charge in [0.1, 0.15) is 10.6 Å². The highest BCUT2D eigenvalue weighted by Crippen LogP contribution is 2.40. The van der Waals surface area contributed by atoms with Crippen molar-refractivity contribution in [3.05, 3.63) is 16.7 Å². The molecular weight excluding hydrogens is 254 g/mol. The number of halogens is 1. The average molecular weight is 268 g/mol. The van der Waals surface area contributed by atoms with Crippen molar-refractivity contribution in [2.24, 2.45) is 5.41 Å². The predicted molar refractivity (Wildman–Crippen MR) is 72.9 cm³/mol. The normalized spacial score (nSPS) is 18.0. The Morgan fingerprint density at radius 3 is 3.00 bits per heavy atom.